The van der Waals surface area contributed by atoms with Gasteiger partial charge >= 0.3 is 5.97 Å². The van der Waals surface area contributed by atoms with Crippen LogP contribution in [-0.2, 0) is 15.1 Å². The maximum atomic E-state index is 11.0. The molecule has 7 nitrogen and oxygen atoms in total. The minimum absolute atomic E-state index is 0.0478. The Bertz CT molecular complexity index is 452. The fraction of sp³-hybridized carbons (Fsp3) is 0.833. The zero-order valence-electron chi connectivity index (χ0n) is 11.5. The topological polar surface area (TPSA) is 90.1 Å². The van der Waals surface area contributed by atoms with Gasteiger partial charge in [0.25, 0.3) is 0 Å². The molecule has 1 aliphatic rings. The van der Waals surface area contributed by atoms with Crippen LogP contribution in [-0.4, -0.2) is 38.4 Å². The zero-order valence-corrected chi connectivity index (χ0v) is 11.5. The van der Waals surface area contributed by atoms with E-state index in [1.807, 2.05) is 13.8 Å². The van der Waals surface area contributed by atoms with Crippen molar-refractivity contribution in [1.82, 2.24) is 20.2 Å². The number of ether oxygens (including phenoxy) is 1. The lowest BCUT2D eigenvalue weighted by atomic mass is 10.0. The van der Waals surface area contributed by atoms with Crippen molar-refractivity contribution in [3.63, 3.8) is 0 Å². The standard InChI is InChI=1S/C12H20N4O3/c1-4-12(2,19-3)11-13-14-15-16(11)9(7-10(17)18)8-5-6-8/h8-9H,4-7H2,1-3H3,(H,17,18). The van der Waals surface area contributed by atoms with E-state index in [4.69, 9.17) is 9.84 Å². The van der Waals surface area contributed by atoms with Gasteiger partial charge in [-0.25, -0.2) is 4.68 Å². The van der Waals surface area contributed by atoms with Crippen molar-refractivity contribution >= 4 is 5.97 Å². The highest BCUT2D eigenvalue weighted by Gasteiger charge is 2.40. The lowest BCUT2D eigenvalue weighted by Gasteiger charge is -2.27. The molecule has 0 saturated heterocycles. The smallest absolute Gasteiger partial charge is 0.305 e. The molecule has 0 amide bonds. The third kappa shape index (κ3) is 2.75. The maximum Gasteiger partial charge on any atom is 0.305 e. The van der Waals surface area contributed by atoms with E-state index in [-0.39, 0.29) is 12.5 Å². The summed E-state index contributed by atoms with van der Waals surface area (Å²) in [6.07, 6.45) is 2.83. The molecule has 19 heavy (non-hydrogen) atoms. The Labute approximate surface area is 111 Å². The molecule has 0 aliphatic heterocycles. The summed E-state index contributed by atoms with van der Waals surface area (Å²) >= 11 is 0. The van der Waals surface area contributed by atoms with Gasteiger partial charge in [-0.2, -0.15) is 0 Å². The van der Waals surface area contributed by atoms with Gasteiger partial charge in [0.1, 0.15) is 5.60 Å². The fourth-order valence-corrected chi connectivity index (χ4v) is 2.27. The van der Waals surface area contributed by atoms with E-state index in [0.29, 0.717) is 18.2 Å². The van der Waals surface area contributed by atoms with Crippen LogP contribution in [0.4, 0.5) is 0 Å². The number of rotatable bonds is 7. The molecular weight excluding hydrogens is 248 g/mol. The Morgan fingerprint density at radius 1 is 1.63 bits per heavy atom. The molecule has 0 aromatic carbocycles. The van der Waals surface area contributed by atoms with Gasteiger partial charge in [-0.3, -0.25) is 4.79 Å². The summed E-state index contributed by atoms with van der Waals surface area (Å²) in [6, 6.07) is -0.177. The van der Waals surface area contributed by atoms with Crippen molar-refractivity contribution in [3.8, 4) is 0 Å². The molecule has 1 heterocycles. The average Bonchev–Trinajstić information content (AvgIpc) is 3.11. The fourth-order valence-electron chi connectivity index (χ4n) is 2.27. The summed E-state index contributed by atoms with van der Waals surface area (Å²) in [5, 5.41) is 20.8. The van der Waals surface area contributed by atoms with Gasteiger partial charge < -0.3 is 9.84 Å². The van der Waals surface area contributed by atoms with Crippen LogP contribution < -0.4 is 0 Å². The van der Waals surface area contributed by atoms with Gasteiger partial charge in [0.15, 0.2) is 5.82 Å². The third-order valence-corrected chi connectivity index (χ3v) is 3.96. The molecule has 7 heteroatoms. The normalized spacial score (nSPS) is 19.9. The van der Waals surface area contributed by atoms with Crippen LogP contribution in [0.1, 0.15) is 51.4 Å². The molecule has 2 rings (SSSR count). The van der Waals surface area contributed by atoms with Gasteiger partial charge in [0.2, 0.25) is 0 Å². The Morgan fingerprint density at radius 2 is 2.32 bits per heavy atom. The SMILES string of the molecule is CCC(C)(OC)c1nnnn1C(CC(=O)O)C1CC1. The van der Waals surface area contributed by atoms with Crippen LogP contribution in [0.2, 0.25) is 0 Å². The van der Waals surface area contributed by atoms with Gasteiger partial charge in [-0.05, 0) is 42.5 Å². The first kappa shape index (κ1) is 13.9. The number of hydrogen-bond acceptors (Lipinski definition) is 5. The van der Waals surface area contributed by atoms with E-state index >= 15 is 0 Å². The van der Waals surface area contributed by atoms with Gasteiger partial charge in [0.05, 0.1) is 12.5 Å². The number of tetrazole rings is 1. The largest absolute Gasteiger partial charge is 0.481 e. The van der Waals surface area contributed by atoms with Gasteiger partial charge in [0, 0.05) is 7.11 Å². The lowest BCUT2D eigenvalue weighted by molar-refractivity contribution is -0.138. The summed E-state index contributed by atoms with van der Waals surface area (Å²) in [7, 11) is 1.62. The molecule has 0 spiro atoms. The van der Waals surface area contributed by atoms with Gasteiger partial charge in [-0.15, -0.1) is 5.10 Å². The third-order valence-electron chi connectivity index (χ3n) is 3.96. The number of carboxylic acids is 1. The van der Waals surface area contributed by atoms with E-state index in [9.17, 15) is 4.79 Å². The molecule has 1 aromatic heterocycles. The Balaban J connectivity index is 2.33. The van der Waals surface area contributed by atoms with Crippen molar-refractivity contribution in [2.75, 3.05) is 7.11 Å². The Kier molecular flexibility index (Phi) is 3.84. The predicted octanol–water partition coefficient (Wildman–Crippen LogP) is 1.37. The molecule has 1 N–H and O–H groups in total. The van der Waals surface area contributed by atoms with Crippen LogP contribution in [0.5, 0.6) is 0 Å². The quantitative estimate of drug-likeness (QED) is 0.803. The highest BCUT2D eigenvalue weighted by Crippen LogP contribution is 2.42. The second kappa shape index (κ2) is 5.24. The lowest BCUT2D eigenvalue weighted by Crippen LogP contribution is -2.31. The molecule has 0 radical (unpaired) electrons. The summed E-state index contributed by atoms with van der Waals surface area (Å²) in [5.41, 5.74) is -0.588. The highest BCUT2D eigenvalue weighted by molar-refractivity contribution is 5.67. The van der Waals surface area contributed by atoms with Crippen LogP contribution in [0.15, 0.2) is 0 Å². The summed E-state index contributed by atoms with van der Waals surface area (Å²) in [6.45, 7) is 3.91. The van der Waals surface area contributed by atoms with Gasteiger partial charge in [-0.1, -0.05) is 6.92 Å². The van der Waals surface area contributed by atoms with Crippen molar-refractivity contribution in [2.45, 2.75) is 51.2 Å². The monoisotopic (exact) mass is 268 g/mol. The van der Waals surface area contributed by atoms with Crippen LogP contribution in [0.3, 0.4) is 0 Å². The second-order valence-electron chi connectivity index (χ2n) is 5.24. The number of carbonyl (C=O) groups is 1. The predicted molar refractivity (Wildman–Crippen MR) is 66.5 cm³/mol. The second-order valence-corrected chi connectivity index (χ2v) is 5.24. The first-order chi connectivity index (χ1) is 9.01. The van der Waals surface area contributed by atoms with E-state index in [1.54, 1.807) is 11.8 Å². The minimum atomic E-state index is -0.825. The van der Waals surface area contributed by atoms with Crippen molar-refractivity contribution < 1.29 is 14.6 Å². The number of methoxy groups -OCH3 is 1. The molecule has 2 unspecified atom stereocenters. The Morgan fingerprint density at radius 3 is 2.79 bits per heavy atom. The summed E-state index contributed by atoms with van der Waals surface area (Å²) < 4.78 is 7.17. The van der Waals surface area contributed by atoms with E-state index in [2.05, 4.69) is 15.5 Å². The van der Waals surface area contributed by atoms with Crippen LogP contribution >= 0.6 is 0 Å². The first-order valence-electron chi connectivity index (χ1n) is 6.57. The number of aliphatic carboxylic acids is 1. The van der Waals surface area contributed by atoms with Crippen molar-refractivity contribution in [2.24, 2.45) is 5.92 Å². The molecule has 1 saturated carbocycles. The molecule has 1 aromatic rings. The number of carboxylic acid groups (broad SMARTS) is 1. The molecule has 106 valence electrons. The van der Waals surface area contributed by atoms with Crippen molar-refractivity contribution in [3.05, 3.63) is 5.82 Å². The molecule has 1 fully saturated rings. The van der Waals surface area contributed by atoms with Crippen LogP contribution in [0, 0.1) is 5.92 Å². The number of nitrogens with zero attached hydrogens (tertiary/aromatic N) is 4. The Hall–Kier alpha value is -1.50. The molecular formula is C12H20N4O3. The van der Waals surface area contributed by atoms with E-state index in [0.717, 1.165) is 12.8 Å². The first-order valence-corrected chi connectivity index (χ1v) is 6.57. The minimum Gasteiger partial charge on any atom is -0.481 e. The van der Waals surface area contributed by atoms with E-state index < -0.39 is 11.6 Å². The average molecular weight is 268 g/mol. The molecule has 2 atom stereocenters. The zero-order chi connectivity index (χ0) is 14.0. The summed E-state index contributed by atoms with van der Waals surface area (Å²) in [4.78, 5) is 11.0. The van der Waals surface area contributed by atoms with E-state index in [1.165, 1.54) is 0 Å². The highest BCUT2D eigenvalue weighted by atomic mass is 16.5. The van der Waals surface area contributed by atoms with Crippen LogP contribution in [0.25, 0.3) is 0 Å². The molecule has 0 bridgehead atoms. The maximum absolute atomic E-state index is 11.0. The summed E-state index contributed by atoms with van der Waals surface area (Å²) in [5.74, 6) is 0.140. The van der Waals surface area contributed by atoms with Crippen molar-refractivity contribution in [1.29, 1.82) is 0 Å². The molecule has 1 aliphatic carbocycles. The number of aromatic nitrogens is 4. The number of hydrogen-bond donors (Lipinski definition) is 1.